The highest BCUT2D eigenvalue weighted by atomic mass is 16.6. The van der Waals surface area contributed by atoms with E-state index in [9.17, 15) is 10.1 Å². The number of nitrogens with zero attached hydrogens (tertiary/aromatic N) is 4. The molecule has 0 unspecified atom stereocenters. The number of ether oxygens (including phenoxy) is 2. The molecule has 39 heavy (non-hydrogen) atoms. The Balaban J connectivity index is 1.24. The number of fused-ring (bicyclic) bond motifs is 1. The van der Waals surface area contributed by atoms with E-state index in [4.69, 9.17) is 9.47 Å². The Morgan fingerprint density at radius 2 is 2.00 bits per heavy atom. The summed E-state index contributed by atoms with van der Waals surface area (Å²) in [6.07, 6.45) is 11.5. The molecule has 1 atom stereocenters. The summed E-state index contributed by atoms with van der Waals surface area (Å²) >= 11 is 0. The summed E-state index contributed by atoms with van der Waals surface area (Å²) < 4.78 is 15.9. The lowest BCUT2D eigenvalue weighted by atomic mass is 9.92. The molecule has 8 nitrogen and oxygen atoms in total. The minimum absolute atomic E-state index is 0.0637. The maximum absolute atomic E-state index is 12.3. The van der Waals surface area contributed by atoms with E-state index < -0.39 is 6.09 Å². The fraction of sp³-hybridized carbons (Fsp3) is 0.387. The predicted octanol–water partition coefficient (Wildman–Crippen LogP) is 6.92. The van der Waals surface area contributed by atoms with E-state index >= 15 is 0 Å². The molecule has 2 fully saturated rings. The monoisotopic (exact) mass is 523 g/mol. The van der Waals surface area contributed by atoms with Gasteiger partial charge in [0, 0.05) is 36.1 Å². The van der Waals surface area contributed by atoms with Gasteiger partial charge in [0.2, 0.25) is 0 Å². The van der Waals surface area contributed by atoms with Crippen molar-refractivity contribution in [3.8, 4) is 23.1 Å². The lowest BCUT2D eigenvalue weighted by molar-refractivity contribution is 0.108. The van der Waals surface area contributed by atoms with E-state index in [2.05, 4.69) is 27.0 Å². The molecule has 2 aromatic carbocycles. The van der Waals surface area contributed by atoms with E-state index in [1.165, 1.54) is 6.42 Å². The van der Waals surface area contributed by atoms with Crippen LogP contribution in [0.3, 0.4) is 0 Å². The predicted molar refractivity (Wildman–Crippen MR) is 150 cm³/mol. The third-order valence-corrected chi connectivity index (χ3v) is 7.90. The van der Waals surface area contributed by atoms with E-state index in [1.54, 1.807) is 12.5 Å². The second kappa shape index (κ2) is 10.9. The van der Waals surface area contributed by atoms with Gasteiger partial charge in [-0.3, -0.25) is 5.32 Å². The second-order valence-electron chi connectivity index (χ2n) is 10.6. The highest BCUT2D eigenvalue weighted by Gasteiger charge is 2.31. The van der Waals surface area contributed by atoms with Gasteiger partial charge >= 0.3 is 6.09 Å². The van der Waals surface area contributed by atoms with Crippen LogP contribution in [0.5, 0.6) is 5.75 Å². The van der Waals surface area contributed by atoms with Gasteiger partial charge in [0.25, 0.3) is 0 Å². The summed E-state index contributed by atoms with van der Waals surface area (Å²) in [7, 11) is 0. The van der Waals surface area contributed by atoms with Gasteiger partial charge in [-0.1, -0.05) is 12.1 Å². The molecular formula is C31H33N5O3. The van der Waals surface area contributed by atoms with Crippen molar-refractivity contribution in [2.45, 2.75) is 64.1 Å². The van der Waals surface area contributed by atoms with Crippen molar-refractivity contribution in [3.63, 3.8) is 0 Å². The molecule has 4 aromatic rings. The van der Waals surface area contributed by atoms with Crippen LogP contribution in [0.25, 0.3) is 22.2 Å². The van der Waals surface area contributed by atoms with Crippen molar-refractivity contribution in [1.82, 2.24) is 14.1 Å². The summed E-state index contributed by atoms with van der Waals surface area (Å²) in [5.74, 6) is 1.25. The van der Waals surface area contributed by atoms with Crippen molar-refractivity contribution < 1.29 is 14.3 Å². The molecule has 0 radical (unpaired) electrons. The number of nitriles is 1. The number of aryl methyl sites for hydroxylation is 1. The van der Waals surface area contributed by atoms with Gasteiger partial charge in [0.1, 0.15) is 17.9 Å². The number of anilines is 1. The normalized spacial score (nSPS) is 15.9. The van der Waals surface area contributed by atoms with Crippen molar-refractivity contribution in [2.75, 3.05) is 11.9 Å². The molecule has 0 aliphatic heterocycles. The van der Waals surface area contributed by atoms with Gasteiger partial charge in [-0.2, -0.15) is 5.26 Å². The number of hydrogen-bond donors (Lipinski definition) is 1. The molecule has 2 saturated carbocycles. The molecule has 0 bridgehead atoms. The van der Waals surface area contributed by atoms with Crippen LogP contribution >= 0.6 is 0 Å². The number of carbonyl (C=O) groups excluding carboxylic acids is 1. The summed E-state index contributed by atoms with van der Waals surface area (Å²) in [5, 5.41) is 14.0. The Bertz CT molecular complexity index is 1490. The molecule has 2 aliphatic carbocycles. The van der Waals surface area contributed by atoms with E-state index in [0.717, 1.165) is 66.6 Å². The van der Waals surface area contributed by atoms with Crippen LogP contribution in [0.4, 0.5) is 10.5 Å². The van der Waals surface area contributed by atoms with Gasteiger partial charge in [-0.25, -0.2) is 9.78 Å². The number of aromatic nitrogens is 3. The molecule has 0 spiro atoms. The quantitative estimate of drug-likeness (QED) is 0.228. The summed E-state index contributed by atoms with van der Waals surface area (Å²) in [6.45, 7) is 3.37. The fourth-order valence-corrected chi connectivity index (χ4v) is 5.35. The number of benzene rings is 2. The molecule has 1 amide bonds. The Kier molecular flexibility index (Phi) is 6.97. The van der Waals surface area contributed by atoms with Crippen molar-refractivity contribution in [1.29, 1.82) is 5.26 Å². The van der Waals surface area contributed by atoms with Crippen LogP contribution in [0.15, 0.2) is 61.2 Å². The van der Waals surface area contributed by atoms with Crippen LogP contribution < -0.4 is 10.1 Å². The van der Waals surface area contributed by atoms with Crippen molar-refractivity contribution >= 4 is 22.7 Å². The van der Waals surface area contributed by atoms with E-state index in [0.29, 0.717) is 29.8 Å². The Morgan fingerprint density at radius 1 is 1.18 bits per heavy atom. The molecule has 2 heterocycles. The zero-order valence-corrected chi connectivity index (χ0v) is 22.2. The molecular weight excluding hydrogens is 490 g/mol. The minimum Gasteiger partial charge on any atom is -0.494 e. The van der Waals surface area contributed by atoms with Gasteiger partial charge < -0.3 is 18.6 Å². The van der Waals surface area contributed by atoms with Crippen LogP contribution in [0, 0.1) is 17.2 Å². The van der Waals surface area contributed by atoms with Gasteiger partial charge in [0.05, 0.1) is 29.7 Å². The number of hydrogen-bond acceptors (Lipinski definition) is 5. The highest BCUT2D eigenvalue weighted by molar-refractivity contribution is 5.96. The molecule has 200 valence electrons. The fourth-order valence-electron chi connectivity index (χ4n) is 5.35. The van der Waals surface area contributed by atoms with Crippen molar-refractivity contribution in [3.05, 3.63) is 66.7 Å². The molecule has 2 aliphatic rings. The number of imidazole rings is 1. The Labute approximate surface area is 228 Å². The first kappa shape index (κ1) is 25.1. The molecule has 1 N–H and O–H groups in total. The maximum atomic E-state index is 12.3. The van der Waals surface area contributed by atoms with E-state index in [1.807, 2.05) is 54.1 Å². The first-order valence-corrected chi connectivity index (χ1v) is 13.9. The number of carbonyl (C=O) groups is 1. The average molecular weight is 524 g/mol. The SMILES string of the molecule is C[C@@H](OC(=O)Nc1ccc(-c2c(C#N)c3cc(OCCCn4ccnc4)ccc3n2C2CCC2)cc1)C1CC1. The zero-order valence-electron chi connectivity index (χ0n) is 22.2. The zero-order chi connectivity index (χ0) is 26.8. The second-order valence-corrected chi connectivity index (χ2v) is 10.6. The standard InChI is InChI=1S/C31H33N5O3/c1-21(22-6-7-22)39-31(37)34-24-10-8-23(9-11-24)30-28(19-32)27-18-26(38-17-3-15-35-16-14-33-20-35)12-13-29(27)36(30)25-4-2-5-25/h8-14,16,18,20-22,25H,2-7,15,17H2,1H3,(H,34,37)/t21-/m1/s1. The lowest BCUT2D eigenvalue weighted by Gasteiger charge is -2.30. The Morgan fingerprint density at radius 3 is 2.67 bits per heavy atom. The molecule has 0 saturated heterocycles. The maximum Gasteiger partial charge on any atom is 0.411 e. The van der Waals surface area contributed by atoms with Gasteiger partial charge in [-0.15, -0.1) is 0 Å². The first-order chi connectivity index (χ1) is 19.1. The largest absolute Gasteiger partial charge is 0.494 e. The van der Waals surface area contributed by atoms with Crippen molar-refractivity contribution in [2.24, 2.45) is 5.92 Å². The van der Waals surface area contributed by atoms with Crippen LogP contribution in [0.2, 0.25) is 0 Å². The highest BCUT2D eigenvalue weighted by Crippen LogP contribution is 2.43. The summed E-state index contributed by atoms with van der Waals surface area (Å²) in [5.41, 5.74) is 4.24. The average Bonchev–Trinajstić information content (AvgIpc) is 3.55. The third kappa shape index (κ3) is 5.35. The van der Waals surface area contributed by atoms with Gasteiger partial charge in [-0.05, 0) is 87.3 Å². The molecule has 6 rings (SSSR count). The molecule has 2 aromatic heterocycles. The molecule has 8 heteroatoms. The topological polar surface area (TPSA) is 94.1 Å². The van der Waals surface area contributed by atoms with Crippen LogP contribution in [0.1, 0.15) is 57.1 Å². The summed E-state index contributed by atoms with van der Waals surface area (Å²) in [6, 6.07) is 16.6. The number of nitrogens with one attached hydrogen (secondary N) is 1. The van der Waals surface area contributed by atoms with E-state index in [-0.39, 0.29) is 6.10 Å². The van der Waals surface area contributed by atoms with Crippen LogP contribution in [-0.4, -0.2) is 32.9 Å². The van der Waals surface area contributed by atoms with Gasteiger partial charge in [0.15, 0.2) is 0 Å². The van der Waals surface area contributed by atoms with Crippen LogP contribution in [-0.2, 0) is 11.3 Å². The Hall–Kier alpha value is -4.25. The number of rotatable bonds is 10. The smallest absolute Gasteiger partial charge is 0.411 e. The lowest BCUT2D eigenvalue weighted by Crippen LogP contribution is -2.21. The minimum atomic E-state index is -0.430. The summed E-state index contributed by atoms with van der Waals surface area (Å²) in [4.78, 5) is 16.4. The third-order valence-electron chi connectivity index (χ3n) is 7.90. The first-order valence-electron chi connectivity index (χ1n) is 13.9. The number of amides is 1.